The first-order valence-corrected chi connectivity index (χ1v) is 7.60. The smallest absolute Gasteiger partial charge is 0.270 e. The molecule has 1 N–H and O–H groups in total. The van der Waals surface area contributed by atoms with E-state index in [1.807, 2.05) is 12.1 Å². The molecule has 1 aromatic heterocycles. The Bertz CT molecular complexity index is 701. The molecule has 1 heterocycles. The molecule has 0 spiro atoms. The van der Waals surface area contributed by atoms with Crippen LogP contribution in [0.5, 0.6) is 0 Å². The van der Waals surface area contributed by atoms with Crippen LogP contribution in [0.2, 0.25) is 0 Å². The molecule has 1 fully saturated rings. The molecule has 3 rings (SSSR count). The van der Waals surface area contributed by atoms with Gasteiger partial charge < -0.3 is 5.32 Å². The largest absolute Gasteiger partial charge is 0.348 e. The molecule has 0 unspecified atom stereocenters. The van der Waals surface area contributed by atoms with E-state index < -0.39 is 4.92 Å². The lowest BCUT2D eigenvalue weighted by atomic mass is 9.97. The van der Waals surface area contributed by atoms with Crippen molar-refractivity contribution in [1.29, 1.82) is 0 Å². The number of rotatable bonds is 4. The highest BCUT2D eigenvalue weighted by atomic mass is 16.6. The van der Waals surface area contributed by atoms with Gasteiger partial charge in [0.2, 0.25) is 0 Å². The number of hydrogen-bond acceptors (Lipinski definition) is 4. The van der Waals surface area contributed by atoms with Crippen molar-refractivity contribution >= 4 is 11.6 Å². The minimum atomic E-state index is -0.395. The summed E-state index contributed by atoms with van der Waals surface area (Å²) in [6, 6.07) is 12.1. The molecule has 0 bridgehead atoms. The first-order valence-electron chi connectivity index (χ1n) is 7.60. The number of amides is 1. The van der Waals surface area contributed by atoms with Crippen LogP contribution in [0.15, 0.2) is 48.7 Å². The zero-order valence-electron chi connectivity index (χ0n) is 12.5. The van der Waals surface area contributed by atoms with E-state index in [1.165, 1.54) is 12.1 Å². The molecule has 1 aliphatic carbocycles. The molecule has 0 saturated heterocycles. The number of nitrogens with one attached hydrogen (secondary N) is 1. The van der Waals surface area contributed by atoms with Gasteiger partial charge in [0.05, 0.1) is 4.92 Å². The van der Waals surface area contributed by atoms with E-state index in [0.717, 1.165) is 24.8 Å². The molecule has 6 nitrogen and oxygen atoms in total. The molecule has 6 heteroatoms. The maximum atomic E-state index is 12.1. The van der Waals surface area contributed by atoms with Gasteiger partial charge in [0.15, 0.2) is 0 Å². The number of nitrogens with zero attached hydrogens (tertiary/aromatic N) is 2. The third-order valence-electron chi connectivity index (χ3n) is 4.24. The predicted molar refractivity (Wildman–Crippen MR) is 85.2 cm³/mol. The monoisotopic (exact) mass is 311 g/mol. The summed E-state index contributed by atoms with van der Waals surface area (Å²) >= 11 is 0. The highest BCUT2D eigenvalue weighted by molar-refractivity contribution is 5.92. The predicted octanol–water partition coefficient (Wildman–Crippen LogP) is 3.06. The second-order valence-corrected chi connectivity index (χ2v) is 5.74. The number of nitro groups is 1. The van der Waals surface area contributed by atoms with Crippen LogP contribution < -0.4 is 5.32 Å². The average molecular weight is 311 g/mol. The van der Waals surface area contributed by atoms with E-state index in [1.54, 1.807) is 24.4 Å². The third kappa shape index (κ3) is 3.53. The Morgan fingerprint density at radius 3 is 2.61 bits per heavy atom. The number of benzene rings is 1. The molecule has 1 amide bonds. The van der Waals surface area contributed by atoms with E-state index in [4.69, 9.17) is 0 Å². The summed E-state index contributed by atoms with van der Waals surface area (Å²) in [6.45, 7) is 0. The van der Waals surface area contributed by atoms with Crippen molar-refractivity contribution in [3.8, 4) is 0 Å². The number of hydrogen-bond donors (Lipinski definition) is 1. The standard InChI is InChI=1S/C17H17N3O3/c21-17(16-3-1-2-10-18-16)19-14-7-4-13(11-14)12-5-8-15(9-6-12)20(22)23/h1-3,5-6,8-10,13-14H,4,7,11H2,(H,19,21)/t13-,14+/m1/s1. The van der Waals surface area contributed by atoms with Crippen molar-refractivity contribution in [3.05, 3.63) is 70.0 Å². The maximum Gasteiger partial charge on any atom is 0.270 e. The first-order chi connectivity index (χ1) is 11.1. The topological polar surface area (TPSA) is 85.1 Å². The SMILES string of the molecule is O=C(N[C@H]1CC[C@@H](c2ccc([N+](=O)[O-])cc2)C1)c1ccccn1. The minimum Gasteiger partial charge on any atom is -0.348 e. The highest BCUT2D eigenvalue weighted by Gasteiger charge is 2.27. The third-order valence-corrected chi connectivity index (χ3v) is 4.24. The van der Waals surface area contributed by atoms with Crippen LogP contribution in [-0.4, -0.2) is 21.9 Å². The first kappa shape index (κ1) is 15.1. The zero-order valence-corrected chi connectivity index (χ0v) is 12.5. The highest BCUT2D eigenvalue weighted by Crippen LogP contribution is 2.35. The maximum absolute atomic E-state index is 12.1. The van der Waals surface area contributed by atoms with Crippen molar-refractivity contribution in [1.82, 2.24) is 10.3 Å². The van der Waals surface area contributed by atoms with E-state index in [-0.39, 0.29) is 17.6 Å². The number of carbonyl (C=O) groups is 1. The summed E-state index contributed by atoms with van der Waals surface area (Å²) in [6.07, 6.45) is 4.31. The number of nitro benzene ring substituents is 1. The number of pyridine rings is 1. The quantitative estimate of drug-likeness (QED) is 0.694. The van der Waals surface area contributed by atoms with Gasteiger partial charge >= 0.3 is 0 Å². The Hall–Kier alpha value is -2.76. The van der Waals surface area contributed by atoms with Gasteiger partial charge in [0, 0.05) is 24.4 Å². The van der Waals surface area contributed by atoms with Gasteiger partial charge in [-0.1, -0.05) is 18.2 Å². The second-order valence-electron chi connectivity index (χ2n) is 5.74. The molecule has 0 aliphatic heterocycles. The van der Waals surface area contributed by atoms with Gasteiger partial charge in [-0.2, -0.15) is 0 Å². The molecule has 2 atom stereocenters. The van der Waals surface area contributed by atoms with E-state index >= 15 is 0 Å². The van der Waals surface area contributed by atoms with Gasteiger partial charge in [0.25, 0.3) is 11.6 Å². The summed E-state index contributed by atoms with van der Waals surface area (Å²) in [4.78, 5) is 26.5. The summed E-state index contributed by atoms with van der Waals surface area (Å²) in [7, 11) is 0. The van der Waals surface area contributed by atoms with Gasteiger partial charge in [0.1, 0.15) is 5.69 Å². The normalized spacial score (nSPS) is 20.2. The Labute approximate surface area is 133 Å². The molecule has 0 radical (unpaired) electrons. The van der Waals surface area contributed by atoms with Gasteiger partial charge in [-0.05, 0) is 42.9 Å². The van der Waals surface area contributed by atoms with Crippen molar-refractivity contribution in [2.24, 2.45) is 0 Å². The average Bonchev–Trinajstić information content (AvgIpc) is 3.04. The zero-order chi connectivity index (χ0) is 16.2. The van der Waals surface area contributed by atoms with Crippen molar-refractivity contribution in [2.45, 2.75) is 31.2 Å². The van der Waals surface area contributed by atoms with E-state index in [2.05, 4.69) is 10.3 Å². The lowest BCUT2D eigenvalue weighted by Crippen LogP contribution is -2.33. The fraction of sp³-hybridized carbons (Fsp3) is 0.294. The minimum absolute atomic E-state index is 0.103. The Kier molecular flexibility index (Phi) is 4.32. The van der Waals surface area contributed by atoms with Crippen LogP contribution >= 0.6 is 0 Å². The summed E-state index contributed by atoms with van der Waals surface area (Å²) in [5, 5.41) is 13.7. The number of aromatic nitrogens is 1. The molecule has 1 aliphatic rings. The summed E-state index contributed by atoms with van der Waals surface area (Å²) in [5.74, 6) is 0.171. The number of non-ortho nitro benzene ring substituents is 1. The second kappa shape index (κ2) is 6.56. The molecule has 2 aromatic rings. The molecule has 23 heavy (non-hydrogen) atoms. The van der Waals surface area contributed by atoms with Crippen LogP contribution in [0.3, 0.4) is 0 Å². The molecule has 1 saturated carbocycles. The Morgan fingerprint density at radius 1 is 1.17 bits per heavy atom. The van der Waals surface area contributed by atoms with Crippen LogP contribution in [-0.2, 0) is 0 Å². The van der Waals surface area contributed by atoms with Crippen LogP contribution in [0.4, 0.5) is 5.69 Å². The van der Waals surface area contributed by atoms with Crippen LogP contribution in [0.1, 0.15) is 41.2 Å². The van der Waals surface area contributed by atoms with Crippen molar-refractivity contribution in [3.63, 3.8) is 0 Å². The van der Waals surface area contributed by atoms with Gasteiger partial charge in [-0.15, -0.1) is 0 Å². The van der Waals surface area contributed by atoms with Crippen LogP contribution in [0, 0.1) is 10.1 Å². The fourth-order valence-electron chi connectivity index (χ4n) is 3.04. The Morgan fingerprint density at radius 2 is 1.96 bits per heavy atom. The fourth-order valence-corrected chi connectivity index (χ4v) is 3.04. The lowest BCUT2D eigenvalue weighted by molar-refractivity contribution is -0.384. The lowest BCUT2D eigenvalue weighted by Gasteiger charge is -2.13. The summed E-state index contributed by atoms with van der Waals surface area (Å²) in [5.41, 5.74) is 1.61. The number of carbonyl (C=O) groups excluding carboxylic acids is 1. The van der Waals surface area contributed by atoms with Crippen molar-refractivity contribution in [2.75, 3.05) is 0 Å². The van der Waals surface area contributed by atoms with E-state index in [9.17, 15) is 14.9 Å². The summed E-state index contributed by atoms with van der Waals surface area (Å²) < 4.78 is 0. The molecular weight excluding hydrogens is 294 g/mol. The molecule has 118 valence electrons. The van der Waals surface area contributed by atoms with Crippen LogP contribution in [0.25, 0.3) is 0 Å². The van der Waals surface area contributed by atoms with Crippen molar-refractivity contribution < 1.29 is 9.72 Å². The molecular formula is C17H17N3O3. The van der Waals surface area contributed by atoms with Gasteiger partial charge in [-0.3, -0.25) is 19.9 Å². The van der Waals surface area contributed by atoms with E-state index in [0.29, 0.717) is 11.6 Å². The molecule has 1 aromatic carbocycles. The van der Waals surface area contributed by atoms with Gasteiger partial charge in [-0.25, -0.2) is 0 Å². The Balaban J connectivity index is 1.60.